The van der Waals surface area contributed by atoms with Crippen LogP contribution in [0.25, 0.3) is 0 Å². The molecule has 0 aromatic heterocycles. The van der Waals surface area contributed by atoms with Crippen LogP contribution in [0.3, 0.4) is 0 Å². The van der Waals surface area contributed by atoms with Crippen LogP contribution in [0.4, 0.5) is 0 Å². The monoisotopic (exact) mass is 435 g/mol. The summed E-state index contributed by atoms with van der Waals surface area (Å²) in [5.41, 5.74) is 2.98. The van der Waals surface area contributed by atoms with E-state index in [2.05, 4.69) is 10.5 Å². The summed E-state index contributed by atoms with van der Waals surface area (Å²) in [6, 6.07) is 9.58. The average Bonchev–Trinajstić information content (AvgIpc) is 3.21. The summed E-state index contributed by atoms with van der Waals surface area (Å²) in [5.74, 6) is 1.10. The van der Waals surface area contributed by atoms with E-state index in [-0.39, 0.29) is 17.4 Å². The molecule has 0 bridgehead atoms. The second-order valence-electron chi connectivity index (χ2n) is 6.18. The Labute approximate surface area is 174 Å². The fraction of sp³-hybridized carbons (Fsp3) is 0.263. The van der Waals surface area contributed by atoms with E-state index < -0.39 is 22.5 Å². The maximum absolute atomic E-state index is 12.9. The number of fused-ring (bicyclic) bond motifs is 1. The lowest BCUT2D eigenvalue weighted by Gasteiger charge is -2.18. The summed E-state index contributed by atoms with van der Waals surface area (Å²) in [4.78, 5) is 12.0. The van der Waals surface area contributed by atoms with Crippen molar-refractivity contribution < 1.29 is 32.2 Å². The highest BCUT2D eigenvalue weighted by Gasteiger charge is 2.27. The van der Waals surface area contributed by atoms with E-state index in [1.165, 1.54) is 39.6 Å². The minimum atomic E-state index is -4.01. The third-order valence-corrected chi connectivity index (χ3v) is 6.05. The summed E-state index contributed by atoms with van der Waals surface area (Å²) in [6.07, 6.45) is 1.42. The lowest BCUT2D eigenvalue weighted by atomic mass is 10.2. The van der Waals surface area contributed by atoms with Crippen molar-refractivity contribution in [1.29, 1.82) is 0 Å². The summed E-state index contributed by atoms with van der Waals surface area (Å²) < 4.78 is 47.3. The van der Waals surface area contributed by atoms with Crippen LogP contribution >= 0.6 is 0 Å². The van der Waals surface area contributed by atoms with Gasteiger partial charge in [0.25, 0.3) is 5.91 Å². The molecule has 0 radical (unpaired) electrons. The maximum atomic E-state index is 12.9. The molecule has 0 saturated carbocycles. The van der Waals surface area contributed by atoms with Crippen molar-refractivity contribution in [3.05, 3.63) is 42.0 Å². The number of nitrogens with one attached hydrogen (secondary N) is 1. The number of benzene rings is 2. The van der Waals surface area contributed by atoms with Crippen LogP contribution < -0.4 is 24.4 Å². The van der Waals surface area contributed by atoms with Gasteiger partial charge >= 0.3 is 0 Å². The average molecular weight is 435 g/mol. The number of carbonyl (C=O) groups is 1. The zero-order chi connectivity index (χ0) is 21.7. The summed E-state index contributed by atoms with van der Waals surface area (Å²) in [5, 5.41) is 3.85. The first-order valence-corrected chi connectivity index (χ1v) is 10.2. The lowest BCUT2D eigenvalue weighted by Crippen LogP contribution is -2.36. The van der Waals surface area contributed by atoms with E-state index in [1.54, 1.807) is 24.3 Å². The zero-order valence-corrected chi connectivity index (χ0v) is 17.4. The minimum absolute atomic E-state index is 0.108. The maximum Gasteiger partial charge on any atom is 0.255 e. The number of hydrogen-bond acceptors (Lipinski definition) is 8. The first kappa shape index (κ1) is 21.4. The first-order chi connectivity index (χ1) is 14.3. The topological polar surface area (TPSA) is 116 Å². The summed E-state index contributed by atoms with van der Waals surface area (Å²) in [7, 11) is 0.0625. The molecular weight excluding hydrogens is 414 g/mol. The molecule has 1 heterocycles. The van der Waals surface area contributed by atoms with Crippen molar-refractivity contribution in [2.75, 3.05) is 34.6 Å². The number of nitrogens with zero attached hydrogens (tertiary/aromatic N) is 2. The second kappa shape index (κ2) is 9.01. The van der Waals surface area contributed by atoms with Gasteiger partial charge in [0, 0.05) is 13.1 Å². The van der Waals surface area contributed by atoms with E-state index in [0.717, 1.165) is 4.31 Å². The zero-order valence-electron chi connectivity index (χ0n) is 16.6. The number of ether oxygens (including phenoxy) is 4. The van der Waals surface area contributed by atoms with E-state index in [1.807, 2.05) is 0 Å². The number of carbonyl (C=O) groups excluding carboxylic acids is 1. The molecule has 160 valence electrons. The number of likely N-dealkylation sites (N-methyl/N-ethyl adjacent to an activating group) is 1. The highest BCUT2D eigenvalue weighted by atomic mass is 32.2. The van der Waals surface area contributed by atoms with Crippen molar-refractivity contribution in [3.63, 3.8) is 0 Å². The number of rotatable bonds is 8. The van der Waals surface area contributed by atoms with E-state index in [4.69, 9.17) is 18.9 Å². The van der Waals surface area contributed by atoms with Gasteiger partial charge in [0.2, 0.25) is 16.8 Å². The molecule has 1 amide bonds. The highest BCUT2D eigenvalue weighted by molar-refractivity contribution is 7.89. The van der Waals surface area contributed by atoms with Crippen molar-refractivity contribution >= 4 is 22.1 Å². The number of methoxy groups -OCH3 is 2. The third kappa shape index (κ3) is 4.63. The van der Waals surface area contributed by atoms with Gasteiger partial charge in [-0.25, -0.2) is 13.8 Å². The van der Waals surface area contributed by atoms with Crippen molar-refractivity contribution in [2.24, 2.45) is 5.10 Å². The van der Waals surface area contributed by atoms with Crippen LogP contribution in [0, 0.1) is 0 Å². The Morgan fingerprint density at radius 2 is 1.93 bits per heavy atom. The van der Waals surface area contributed by atoms with E-state index >= 15 is 0 Å². The standard InChI is InChI=1S/C19H21N3O7S/c1-22(30(24,25)18-9-14(26-2)5-7-16(18)27-3)11-19(23)21-20-10-13-4-6-15-17(8-13)29-12-28-15/h4-10H,11-12H2,1-3H3,(H,21,23). The SMILES string of the molecule is COc1ccc(OC)c(S(=O)(=O)N(C)CC(=O)NN=Cc2ccc3c(c2)OCO3)c1. The Morgan fingerprint density at radius 1 is 1.17 bits per heavy atom. The molecule has 0 saturated heterocycles. The van der Waals surface area contributed by atoms with Crippen molar-refractivity contribution in [3.8, 4) is 23.0 Å². The van der Waals surface area contributed by atoms with Crippen molar-refractivity contribution in [2.45, 2.75) is 4.90 Å². The molecule has 2 aromatic carbocycles. The van der Waals surface area contributed by atoms with Crippen LogP contribution in [-0.2, 0) is 14.8 Å². The first-order valence-electron chi connectivity index (χ1n) is 8.75. The molecule has 3 rings (SSSR count). The van der Waals surface area contributed by atoms with Crippen LogP contribution in [0.2, 0.25) is 0 Å². The smallest absolute Gasteiger partial charge is 0.255 e. The van der Waals surface area contributed by atoms with Crippen molar-refractivity contribution in [1.82, 2.24) is 9.73 Å². The van der Waals surface area contributed by atoms with Crippen LogP contribution in [0.15, 0.2) is 46.4 Å². The predicted octanol–water partition coefficient (Wildman–Crippen LogP) is 1.20. The Kier molecular flexibility index (Phi) is 6.43. The van der Waals surface area contributed by atoms with Gasteiger partial charge in [-0.3, -0.25) is 4.79 Å². The van der Waals surface area contributed by atoms with Gasteiger partial charge in [-0.2, -0.15) is 9.41 Å². The number of hydrogen-bond donors (Lipinski definition) is 1. The molecular formula is C19H21N3O7S. The van der Waals surface area contributed by atoms with Crippen LogP contribution in [-0.4, -0.2) is 59.4 Å². The molecule has 0 aliphatic carbocycles. The number of sulfonamides is 1. The minimum Gasteiger partial charge on any atom is -0.497 e. The molecule has 0 spiro atoms. The third-order valence-electron chi connectivity index (χ3n) is 4.22. The van der Waals surface area contributed by atoms with Gasteiger partial charge in [-0.1, -0.05) is 0 Å². The largest absolute Gasteiger partial charge is 0.497 e. The van der Waals surface area contributed by atoms with Gasteiger partial charge < -0.3 is 18.9 Å². The molecule has 1 aliphatic rings. The molecule has 2 aromatic rings. The van der Waals surface area contributed by atoms with Gasteiger partial charge in [-0.15, -0.1) is 0 Å². The molecule has 1 N–H and O–H groups in total. The highest BCUT2D eigenvalue weighted by Crippen LogP contribution is 2.32. The Hall–Kier alpha value is -3.31. The fourth-order valence-corrected chi connectivity index (χ4v) is 3.94. The molecule has 0 fully saturated rings. The summed E-state index contributed by atoms with van der Waals surface area (Å²) >= 11 is 0. The Bertz CT molecular complexity index is 1070. The number of hydrazone groups is 1. The predicted molar refractivity (Wildman–Crippen MR) is 108 cm³/mol. The molecule has 1 aliphatic heterocycles. The van der Waals surface area contributed by atoms with Gasteiger partial charge in [0.15, 0.2) is 11.5 Å². The fourth-order valence-electron chi connectivity index (χ4n) is 2.65. The normalized spacial score (nSPS) is 12.9. The summed E-state index contributed by atoms with van der Waals surface area (Å²) in [6.45, 7) is -0.285. The molecule has 0 atom stereocenters. The Balaban J connectivity index is 1.65. The van der Waals surface area contributed by atoms with Gasteiger partial charge in [0.05, 0.1) is 27.0 Å². The molecule has 11 heteroatoms. The van der Waals surface area contributed by atoms with Crippen LogP contribution in [0.1, 0.15) is 5.56 Å². The molecule has 10 nitrogen and oxygen atoms in total. The Morgan fingerprint density at radius 3 is 2.67 bits per heavy atom. The van der Waals surface area contributed by atoms with Crippen LogP contribution in [0.5, 0.6) is 23.0 Å². The van der Waals surface area contributed by atoms with Gasteiger partial charge in [-0.05, 0) is 35.9 Å². The van der Waals surface area contributed by atoms with E-state index in [0.29, 0.717) is 22.8 Å². The second-order valence-corrected chi connectivity index (χ2v) is 8.20. The molecule has 30 heavy (non-hydrogen) atoms. The quantitative estimate of drug-likeness (QED) is 0.489. The van der Waals surface area contributed by atoms with Gasteiger partial charge in [0.1, 0.15) is 16.4 Å². The van der Waals surface area contributed by atoms with E-state index in [9.17, 15) is 13.2 Å². The molecule has 0 unspecified atom stereocenters. The lowest BCUT2D eigenvalue weighted by molar-refractivity contribution is -0.121. The number of amides is 1.